The van der Waals surface area contributed by atoms with Crippen LogP contribution in [0.2, 0.25) is 0 Å². The Kier molecular flexibility index (Phi) is 9.89. The number of amides is 1. The Morgan fingerprint density at radius 2 is 1.73 bits per heavy atom. The van der Waals surface area contributed by atoms with Gasteiger partial charge in [0.1, 0.15) is 11.8 Å². The van der Waals surface area contributed by atoms with Gasteiger partial charge in [-0.05, 0) is 88.4 Å². The van der Waals surface area contributed by atoms with Crippen molar-refractivity contribution in [3.63, 3.8) is 0 Å². The predicted octanol–water partition coefficient (Wildman–Crippen LogP) is 3.14. The second kappa shape index (κ2) is 12.9. The largest absolute Gasteiger partial charge is 0.336 e. The van der Waals surface area contributed by atoms with Gasteiger partial charge in [-0.1, -0.05) is 19.8 Å². The van der Waals surface area contributed by atoms with E-state index in [0.29, 0.717) is 55.0 Å². The molecular formula is C30H46N6O4S. The first-order valence-electron chi connectivity index (χ1n) is 15.1. The molecule has 10 nitrogen and oxygen atoms in total. The molecule has 0 bridgehead atoms. The number of carbonyl (C=O) groups excluding carboxylic acids is 2. The minimum Gasteiger partial charge on any atom is -0.336 e. The van der Waals surface area contributed by atoms with Gasteiger partial charge in [0.05, 0.1) is 11.3 Å². The van der Waals surface area contributed by atoms with Gasteiger partial charge in [-0.3, -0.25) is 9.59 Å². The van der Waals surface area contributed by atoms with E-state index in [-0.39, 0.29) is 11.1 Å². The number of ketones is 1. The second-order valence-corrected chi connectivity index (χ2v) is 14.5. The lowest BCUT2D eigenvalue weighted by Gasteiger charge is -2.53. The lowest BCUT2D eigenvalue weighted by Crippen LogP contribution is -2.57. The molecule has 1 amide bonds. The maximum Gasteiger partial charge on any atom is 0.295 e. The molecule has 3 fully saturated rings. The summed E-state index contributed by atoms with van der Waals surface area (Å²) in [5.41, 5.74) is 1.76. The summed E-state index contributed by atoms with van der Waals surface area (Å²) in [6.45, 7) is 9.90. The highest BCUT2D eigenvalue weighted by atomic mass is 32.2. The number of hydrogen-bond acceptors (Lipinski definition) is 7. The maximum absolute atomic E-state index is 13.1. The molecule has 3 saturated heterocycles. The van der Waals surface area contributed by atoms with Crippen molar-refractivity contribution in [3.05, 3.63) is 28.6 Å². The quantitative estimate of drug-likeness (QED) is 0.339. The lowest BCUT2D eigenvalue weighted by atomic mass is 9.63. The molecule has 3 aliphatic heterocycles. The van der Waals surface area contributed by atoms with Gasteiger partial charge >= 0.3 is 0 Å². The highest BCUT2D eigenvalue weighted by Gasteiger charge is 2.47. The summed E-state index contributed by atoms with van der Waals surface area (Å²) in [5, 5.41) is 9.14. The third kappa shape index (κ3) is 6.51. The fourth-order valence-corrected chi connectivity index (χ4v) is 8.43. The van der Waals surface area contributed by atoms with Gasteiger partial charge < -0.3 is 9.80 Å². The van der Waals surface area contributed by atoms with Crippen LogP contribution >= 0.6 is 0 Å². The molecule has 4 rings (SSSR count). The van der Waals surface area contributed by atoms with Crippen LogP contribution in [0.4, 0.5) is 0 Å². The second-order valence-electron chi connectivity index (χ2n) is 12.4. The molecule has 4 heterocycles. The molecule has 11 heteroatoms. The van der Waals surface area contributed by atoms with Crippen molar-refractivity contribution in [2.24, 2.45) is 11.3 Å². The molecule has 1 spiro atoms. The molecule has 3 aliphatic rings. The number of Topliss-reactive ketones (excluding diaryl/α,β-unsaturated/α-hetero) is 1. The predicted molar refractivity (Wildman–Crippen MR) is 157 cm³/mol. The van der Waals surface area contributed by atoms with E-state index >= 15 is 0 Å². The van der Waals surface area contributed by atoms with Gasteiger partial charge in [0.15, 0.2) is 0 Å². The summed E-state index contributed by atoms with van der Waals surface area (Å²) < 4.78 is 28.8. The minimum absolute atomic E-state index is 0.192. The van der Waals surface area contributed by atoms with E-state index in [2.05, 4.69) is 16.8 Å². The van der Waals surface area contributed by atoms with Crippen LogP contribution in [0, 0.1) is 36.5 Å². The minimum atomic E-state index is -3.40. The fraction of sp³-hybridized carbons (Fsp3) is 0.733. The Balaban J connectivity index is 1.34. The summed E-state index contributed by atoms with van der Waals surface area (Å²) in [4.78, 5) is 34.6. The van der Waals surface area contributed by atoms with Crippen molar-refractivity contribution in [1.82, 2.24) is 23.4 Å². The third-order valence-electron chi connectivity index (χ3n) is 9.84. The number of pyridine rings is 1. The molecule has 1 aromatic rings. The van der Waals surface area contributed by atoms with Gasteiger partial charge in [0, 0.05) is 46.3 Å². The summed E-state index contributed by atoms with van der Waals surface area (Å²) in [7, 11) is -0.179. The first kappa shape index (κ1) is 31.5. The fourth-order valence-electron chi connectivity index (χ4n) is 7.28. The van der Waals surface area contributed by atoms with Crippen molar-refractivity contribution in [1.29, 1.82) is 5.26 Å². The Hall–Kier alpha value is -2.39. The van der Waals surface area contributed by atoms with Crippen molar-refractivity contribution < 1.29 is 18.0 Å². The Bertz CT molecular complexity index is 1250. The van der Waals surface area contributed by atoms with Crippen LogP contribution in [-0.2, 0) is 15.0 Å². The summed E-state index contributed by atoms with van der Waals surface area (Å²) >= 11 is 0. The van der Waals surface area contributed by atoms with Crippen molar-refractivity contribution in [3.8, 4) is 6.07 Å². The summed E-state index contributed by atoms with van der Waals surface area (Å²) in [6, 6.07) is 3.94. The Morgan fingerprint density at radius 3 is 2.29 bits per heavy atom. The maximum atomic E-state index is 13.1. The smallest absolute Gasteiger partial charge is 0.295 e. The van der Waals surface area contributed by atoms with E-state index in [1.165, 1.54) is 4.31 Å². The Labute approximate surface area is 245 Å². The molecule has 0 radical (unpaired) electrons. The third-order valence-corrected chi connectivity index (χ3v) is 11.7. The normalized spacial score (nSPS) is 22.7. The van der Waals surface area contributed by atoms with Crippen LogP contribution in [-0.4, -0.2) is 103 Å². The zero-order chi connectivity index (χ0) is 29.9. The monoisotopic (exact) mass is 586 g/mol. The molecule has 1 unspecified atom stereocenters. The molecule has 0 aromatic carbocycles. The summed E-state index contributed by atoms with van der Waals surface area (Å²) in [5.74, 6) is -0.657. The zero-order valence-corrected chi connectivity index (χ0v) is 26.2. The van der Waals surface area contributed by atoms with E-state index in [1.807, 2.05) is 6.07 Å². The number of hydrogen-bond donors (Lipinski definition) is 0. The number of likely N-dealkylation sites (tertiary alicyclic amines) is 2. The lowest BCUT2D eigenvalue weighted by molar-refractivity contribution is -0.128. The topological polar surface area (TPSA) is 118 Å². The first-order chi connectivity index (χ1) is 19.4. The molecule has 0 aliphatic carbocycles. The Morgan fingerprint density at radius 1 is 1.10 bits per heavy atom. The van der Waals surface area contributed by atoms with Crippen molar-refractivity contribution in [2.75, 3.05) is 53.4 Å². The van der Waals surface area contributed by atoms with E-state index in [9.17, 15) is 18.0 Å². The number of nitrogens with zero attached hydrogens (tertiary/aromatic N) is 6. The SMILES string of the molecule is CCCCC1CN(S(=O)(=O)N(C)C)CCC12CCN(C1CCN(C(=O)C(=O)c3c(C)cc(C#N)nc3C)CC1)CC2. The van der Waals surface area contributed by atoms with Crippen LogP contribution in [0.25, 0.3) is 0 Å². The van der Waals surface area contributed by atoms with Gasteiger partial charge in [0.2, 0.25) is 0 Å². The number of aromatic nitrogens is 1. The highest BCUT2D eigenvalue weighted by Crippen LogP contribution is 2.48. The molecule has 226 valence electrons. The van der Waals surface area contributed by atoms with Gasteiger partial charge in [-0.15, -0.1) is 0 Å². The molecule has 1 atom stereocenters. The number of unbranched alkanes of at least 4 members (excludes halogenated alkanes) is 1. The van der Waals surface area contributed by atoms with Crippen molar-refractivity contribution >= 4 is 21.9 Å². The number of carbonyl (C=O) groups is 2. The van der Waals surface area contributed by atoms with Crippen LogP contribution in [0.15, 0.2) is 6.07 Å². The van der Waals surface area contributed by atoms with E-state index in [0.717, 1.165) is 64.5 Å². The van der Waals surface area contributed by atoms with Crippen LogP contribution in [0.1, 0.15) is 85.6 Å². The summed E-state index contributed by atoms with van der Waals surface area (Å²) in [6.07, 6.45) is 8.05. The molecule has 0 saturated carbocycles. The van der Waals surface area contributed by atoms with Crippen LogP contribution in [0.3, 0.4) is 0 Å². The van der Waals surface area contributed by atoms with Crippen LogP contribution < -0.4 is 0 Å². The average Bonchev–Trinajstić information content (AvgIpc) is 2.96. The van der Waals surface area contributed by atoms with Crippen molar-refractivity contribution in [2.45, 2.75) is 78.2 Å². The molecule has 41 heavy (non-hydrogen) atoms. The molecular weight excluding hydrogens is 540 g/mol. The number of rotatable bonds is 8. The standard InChI is InChI=1S/C30H46N6O4S/c1-6-7-8-24-21-36(41(39,40)33(4)5)18-13-30(24)11-16-34(17-12-30)26-9-14-35(15-10-26)29(38)28(37)27-22(2)19-25(20-31)32-23(27)3/h19,24,26H,6-18,21H2,1-5H3. The van der Waals surface area contributed by atoms with E-state index < -0.39 is 21.9 Å². The van der Waals surface area contributed by atoms with Crippen LogP contribution in [0.5, 0.6) is 0 Å². The van der Waals surface area contributed by atoms with Gasteiger partial charge in [-0.2, -0.15) is 22.3 Å². The van der Waals surface area contributed by atoms with Gasteiger partial charge in [0.25, 0.3) is 21.9 Å². The number of aryl methyl sites for hydroxylation is 2. The van der Waals surface area contributed by atoms with Gasteiger partial charge in [-0.25, -0.2) is 4.98 Å². The first-order valence-corrected chi connectivity index (χ1v) is 16.5. The highest BCUT2D eigenvalue weighted by molar-refractivity contribution is 7.86. The molecule has 1 aromatic heterocycles. The average molecular weight is 587 g/mol. The molecule has 0 N–H and O–H groups in total. The zero-order valence-electron chi connectivity index (χ0n) is 25.4. The number of nitriles is 1. The van der Waals surface area contributed by atoms with E-state index in [1.54, 1.807) is 43.2 Å². The van der Waals surface area contributed by atoms with E-state index in [4.69, 9.17) is 5.26 Å². The number of piperidine rings is 3.